The highest BCUT2D eigenvalue weighted by Gasteiger charge is 2.45. The first-order valence-electron chi connectivity index (χ1n) is 10.5. The van der Waals surface area contributed by atoms with E-state index in [2.05, 4.69) is 10.3 Å². The molecule has 2 amide bonds. The molecule has 0 saturated carbocycles. The summed E-state index contributed by atoms with van der Waals surface area (Å²) in [6, 6.07) is 11.2. The fraction of sp³-hybridized carbons (Fsp3) is 0.391. The molecule has 182 valence electrons. The first-order chi connectivity index (χ1) is 16.1. The first kappa shape index (κ1) is 25.2. The van der Waals surface area contributed by atoms with Crippen LogP contribution in [0.4, 0.5) is 13.2 Å². The van der Waals surface area contributed by atoms with Crippen molar-refractivity contribution < 1.29 is 37.4 Å². The molecule has 8 nitrogen and oxygen atoms in total. The second-order valence-electron chi connectivity index (χ2n) is 8.13. The number of fused-ring (bicyclic) bond motifs is 1. The predicted molar refractivity (Wildman–Crippen MR) is 114 cm³/mol. The molecular weight excluding hydrogens is 455 g/mol. The average Bonchev–Trinajstić information content (AvgIpc) is 3.38. The molecule has 34 heavy (non-hydrogen) atoms. The number of carbonyl (C=O) groups excluding carboxylic acids is 2. The number of pyridine rings is 1. The van der Waals surface area contributed by atoms with Crippen molar-refractivity contribution >= 4 is 17.8 Å². The summed E-state index contributed by atoms with van der Waals surface area (Å²) in [5.74, 6) is -2.36. The van der Waals surface area contributed by atoms with E-state index in [-0.39, 0.29) is 29.8 Å². The maximum atomic E-state index is 12.8. The molecule has 2 aromatic rings. The summed E-state index contributed by atoms with van der Waals surface area (Å²) in [4.78, 5) is 39.8. The number of aromatic nitrogens is 1. The fourth-order valence-corrected chi connectivity index (χ4v) is 3.96. The predicted octanol–water partition coefficient (Wildman–Crippen LogP) is 2.54. The maximum absolute atomic E-state index is 12.8. The number of ether oxygens (including phenoxy) is 1. The van der Waals surface area contributed by atoms with Crippen LogP contribution >= 0.6 is 0 Å². The number of likely N-dealkylation sites (tertiary alicyclic amines) is 1. The second kappa shape index (κ2) is 10.6. The van der Waals surface area contributed by atoms with Gasteiger partial charge >= 0.3 is 12.1 Å². The lowest BCUT2D eigenvalue weighted by Crippen LogP contribution is -2.35. The van der Waals surface area contributed by atoms with Gasteiger partial charge in [-0.25, -0.2) is 4.79 Å². The minimum atomic E-state index is -5.08. The van der Waals surface area contributed by atoms with Gasteiger partial charge in [-0.3, -0.25) is 14.6 Å². The Bertz CT molecular complexity index is 1030. The minimum absolute atomic E-state index is 0.0508. The number of carboxylic acids is 1. The number of nitrogens with zero attached hydrogens (tertiary/aromatic N) is 2. The van der Waals surface area contributed by atoms with Gasteiger partial charge in [-0.15, -0.1) is 0 Å². The van der Waals surface area contributed by atoms with Crippen LogP contribution in [0.2, 0.25) is 0 Å². The summed E-state index contributed by atoms with van der Waals surface area (Å²) < 4.78 is 37.6. The van der Waals surface area contributed by atoms with E-state index in [0.717, 1.165) is 11.1 Å². The number of hydrogen-bond acceptors (Lipinski definition) is 5. The zero-order valence-corrected chi connectivity index (χ0v) is 18.3. The second-order valence-corrected chi connectivity index (χ2v) is 8.13. The Morgan fingerprint density at radius 3 is 2.50 bits per heavy atom. The summed E-state index contributed by atoms with van der Waals surface area (Å²) in [6.07, 6.45) is -1.83. The molecule has 1 aromatic heterocycles. The van der Waals surface area contributed by atoms with Gasteiger partial charge in [0, 0.05) is 49.4 Å². The molecule has 0 spiro atoms. The first-order valence-corrected chi connectivity index (χ1v) is 10.5. The van der Waals surface area contributed by atoms with E-state index >= 15 is 0 Å². The molecule has 2 fully saturated rings. The van der Waals surface area contributed by atoms with Gasteiger partial charge in [-0.1, -0.05) is 17.7 Å². The molecule has 3 atom stereocenters. The summed E-state index contributed by atoms with van der Waals surface area (Å²) in [5, 5.41) is 10.1. The van der Waals surface area contributed by atoms with Crippen LogP contribution in [-0.4, -0.2) is 71.3 Å². The van der Waals surface area contributed by atoms with Gasteiger partial charge in [0.1, 0.15) is 0 Å². The third-order valence-electron chi connectivity index (χ3n) is 5.68. The van der Waals surface area contributed by atoms with E-state index in [1.54, 1.807) is 24.5 Å². The zero-order valence-electron chi connectivity index (χ0n) is 18.3. The third-order valence-corrected chi connectivity index (χ3v) is 5.68. The maximum Gasteiger partial charge on any atom is 0.490 e. The molecule has 1 aromatic carbocycles. The number of benzene rings is 1. The van der Waals surface area contributed by atoms with Crippen molar-refractivity contribution in [2.75, 3.05) is 26.2 Å². The standard InChI is InChI=1S/C21H23N3O3.C2HF3O2/c1-14-4-2-5-15(8-14)21(26)24-11-18-17(13-27-19(18)12-24)10-23-20(25)16-6-3-7-22-9-16;3-2(4,5)1(6)7/h2-9,17-19H,10-13H2,1H3,(H,23,25);(H,6,7)/t17-,18-,19-;/m1./s1. The number of rotatable bonds is 4. The molecule has 3 heterocycles. The molecule has 2 N–H and O–H groups in total. The van der Waals surface area contributed by atoms with Gasteiger partial charge in [0.2, 0.25) is 0 Å². The highest BCUT2D eigenvalue weighted by molar-refractivity contribution is 5.95. The van der Waals surface area contributed by atoms with Crippen molar-refractivity contribution in [1.29, 1.82) is 0 Å². The number of halogens is 3. The quantitative estimate of drug-likeness (QED) is 0.698. The highest BCUT2D eigenvalue weighted by atomic mass is 19.4. The number of hydrogen-bond donors (Lipinski definition) is 2. The van der Waals surface area contributed by atoms with E-state index in [1.807, 2.05) is 36.1 Å². The van der Waals surface area contributed by atoms with Gasteiger partial charge in [-0.2, -0.15) is 13.2 Å². The Kier molecular flexibility index (Phi) is 7.87. The summed E-state index contributed by atoms with van der Waals surface area (Å²) in [6.45, 7) is 4.44. The SMILES string of the molecule is Cc1cccc(C(=O)N2C[C@@H]3[C@H](CNC(=O)c4cccnc4)CO[C@@H]3C2)c1.O=C(O)C(F)(F)F. The van der Waals surface area contributed by atoms with Crippen LogP contribution in [0.1, 0.15) is 26.3 Å². The van der Waals surface area contributed by atoms with Crippen LogP contribution in [0, 0.1) is 18.8 Å². The van der Waals surface area contributed by atoms with E-state index in [4.69, 9.17) is 14.6 Å². The molecule has 2 aliphatic rings. The summed E-state index contributed by atoms with van der Waals surface area (Å²) in [7, 11) is 0. The monoisotopic (exact) mass is 479 g/mol. The number of aliphatic carboxylic acids is 1. The normalized spacial score (nSPS) is 21.3. The molecule has 11 heteroatoms. The van der Waals surface area contributed by atoms with Gasteiger partial charge in [-0.05, 0) is 31.2 Å². The number of amides is 2. The molecule has 0 bridgehead atoms. The van der Waals surface area contributed by atoms with E-state index in [0.29, 0.717) is 31.8 Å². The zero-order chi connectivity index (χ0) is 24.9. The van der Waals surface area contributed by atoms with Crippen molar-refractivity contribution in [3.8, 4) is 0 Å². The van der Waals surface area contributed by atoms with Crippen molar-refractivity contribution in [3.63, 3.8) is 0 Å². The van der Waals surface area contributed by atoms with Crippen LogP contribution in [0.15, 0.2) is 48.8 Å². The molecule has 2 saturated heterocycles. The molecule has 0 aliphatic carbocycles. The lowest BCUT2D eigenvalue weighted by molar-refractivity contribution is -0.192. The lowest BCUT2D eigenvalue weighted by Gasteiger charge is -2.20. The Balaban J connectivity index is 0.000000406. The van der Waals surface area contributed by atoms with E-state index in [1.165, 1.54) is 0 Å². The smallest absolute Gasteiger partial charge is 0.475 e. The molecular formula is C23H24F3N3O5. The van der Waals surface area contributed by atoms with Crippen LogP contribution < -0.4 is 5.32 Å². The lowest BCUT2D eigenvalue weighted by atomic mass is 9.93. The number of carbonyl (C=O) groups is 3. The number of nitrogens with one attached hydrogen (secondary N) is 1. The van der Waals surface area contributed by atoms with Gasteiger partial charge < -0.3 is 20.1 Å². The largest absolute Gasteiger partial charge is 0.490 e. The van der Waals surface area contributed by atoms with Crippen molar-refractivity contribution in [1.82, 2.24) is 15.2 Å². The van der Waals surface area contributed by atoms with Crippen molar-refractivity contribution in [3.05, 3.63) is 65.5 Å². The Morgan fingerprint density at radius 1 is 1.18 bits per heavy atom. The highest BCUT2D eigenvalue weighted by Crippen LogP contribution is 2.34. The molecule has 4 rings (SSSR count). The summed E-state index contributed by atoms with van der Waals surface area (Å²) in [5.41, 5.74) is 2.35. The van der Waals surface area contributed by atoms with Gasteiger partial charge in [0.25, 0.3) is 11.8 Å². The van der Waals surface area contributed by atoms with Gasteiger partial charge in [0.05, 0.1) is 18.3 Å². The van der Waals surface area contributed by atoms with Crippen LogP contribution in [-0.2, 0) is 9.53 Å². The number of aryl methyl sites for hydroxylation is 1. The van der Waals surface area contributed by atoms with Crippen molar-refractivity contribution in [2.24, 2.45) is 11.8 Å². The van der Waals surface area contributed by atoms with Crippen LogP contribution in [0.25, 0.3) is 0 Å². The van der Waals surface area contributed by atoms with Crippen molar-refractivity contribution in [2.45, 2.75) is 19.2 Å². The summed E-state index contributed by atoms with van der Waals surface area (Å²) >= 11 is 0. The Hall–Kier alpha value is -3.47. The average molecular weight is 479 g/mol. The van der Waals surface area contributed by atoms with Crippen LogP contribution in [0.5, 0.6) is 0 Å². The topological polar surface area (TPSA) is 109 Å². The van der Waals surface area contributed by atoms with Gasteiger partial charge in [0.15, 0.2) is 0 Å². The third kappa shape index (κ3) is 6.31. The number of alkyl halides is 3. The van der Waals surface area contributed by atoms with E-state index in [9.17, 15) is 22.8 Å². The minimum Gasteiger partial charge on any atom is -0.475 e. The molecule has 0 radical (unpaired) electrons. The Labute approximate surface area is 193 Å². The number of carboxylic acid groups (broad SMARTS) is 1. The molecule has 2 aliphatic heterocycles. The Morgan fingerprint density at radius 2 is 1.88 bits per heavy atom. The van der Waals surface area contributed by atoms with Crippen LogP contribution in [0.3, 0.4) is 0 Å². The molecule has 0 unspecified atom stereocenters. The fourth-order valence-electron chi connectivity index (χ4n) is 3.96. The van der Waals surface area contributed by atoms with E-state index < -0.39 is 12.1 Å².